The third kappa shape index (κ3) is 5.25. The van der Waals surface area contributed by atoms with Crippen LogP contribution in [0.5, 0.6) is 11.5 Å². The topological polar surface area (TPSA) is 67.8 Å². The molecule has 0 fully saturated rings. The van der Waals surface area contributed by atoms with Crippen molar-refractivity contribution in [3.8, 4) is 11.5 Å². The Morgan fingerprint density at radius 2 is 1.94 bits per heavy atom. The minimum absolute atomic E-state index is 0. The standard InChI is InChI=1S/C12H17NO4.ClH/c1-16-10-4-3-9(7-11(10)17-2)8-13-6-5-12(14)15;/h3-4,7,13H,5-6,8H2,1-2H3,(H,14,15);1H. The summed E-state index contributed by atoms with van der Waals surface area (Å²) in [5.74, 6) is 0.552. The number of rotatable bonds is 7. The summed E-state index contributed by atoms with van der Waals surface area (Å²) in [6.45, 7) is 1.05. The third-order valence-corrected chi connectivity index (χ3v) is 2.29. The second-order valence-corrected chi connectivity index (χ2v) is 3.51. The van der Waals surface area contributed by atoms with Gasteiger partial charge in [-0.05, 0) is 17.7 Å². The summed E-state index contributed by atoms with van der Waals surface area (Å²) in [7, 11) is 3.17. The summed E-state index contributed by atoms with van der Waals surface area (Å²) >= 11 is 0. The van der Waals surface area contributed by atoms with Gasteiger partial charge < -0.3 is 19.9 Å². The van der Waals surface area contributed by atoms with Crippen LogP contribution in [0.25, 0.3) is 0 Å². The summed E-state index contributed by atoms with van der Waals surface area (Å²) in [5, 5.41) is 11.5. The summed E-state index contributed by atoms with van der Waals surface area (Å²) in [5.41, 5.74) is 1.02. The van der Waals surface area contributed by atoms with Crippen molar-refractivity contribution in [1.82, 2.24) is 5.32 Å². The van der Waals surface area contributed by atoms with Crippen molar-refractivity contribution in [3.63, 3.8) is 0 Å². The lowest BCUT2D eigenvalue weighted by Gasteiger charge is -2.09. The predicted octanol–water partition coefficient (Wildman–Crippen LogP) is 1.69. The van der Waals surface area contributed by atoms with E-state index < -0.39 is 5.97 Å². The highest BCUT2D eigenvalue weighted by molar-refractivity contribution is 5.85. The Morgan fingerprint density at radius 1 is 1.28 bits per heavy atom. The first-order valence-electron chi connectivity index (χ1n) is 5.30. The molecule has 0 aliphatic heterocycles. The van der Waals surface area contributed by atoms with Crippen LogP contribution in [0.2, 0.25) is 0 Å². The fourth-order valence-corrected chi connectivity index (χ4v) is 1.42. The number of hydrogen-bond donors (Lipinski definition) is 2. The van der Waals surface area contributed by atoms with E-state index in [1.807, 2.05) is 18.2 Å². The molecule has 102 valence electrons. The van der Waals surface area contributed by atoms with E-state index >= 15 is 0 Å². The number of aliphatic carboxylic acids is 1. The normalized spacial score (nSPS) is 9.44. The zero-order chi connectivity index (χ0) is 12.7. The van der Waals surface area contributed by atoms with Gasteiger partial charge >= 0.3 is 5.97 Å². The molecule has 0 unspecified atom stereocenters. The Balaban J connectivity index is 0.00000289. The minimum Gasteiger partial charge on any atom is -0.493 e. The number of hydrogen-bond acceptors (Lipinski definition) is 4. The molecule has 0 amide bonds. The van der Waals surface area contributed by atoms with E-state index in [1.165, 1.54) is 0 Å². The summed E-state index contributed by atoms with van der Waals surface area (Å²) in [6.07, 6.45) is 0.118. The largest absolute Gasteiger partial charge is 0.493 e. The van der Waals surface area contributed by atoms with Crippen molar-refractivity contribution in [1.29, 1.82) is 0 Å². The smallest absolute Gasteiger partial charge is 0.304 e. The van der Waals surface area contributed by atoms with Gasteiger partial charge in [-0.15, -0.1) is 12.4 Å². The van der Waals surface area contributed by atoms with E-state index in [0.29, 0.717) is 24.6 Å². The van der Waals surface area contributed by atoms with E-state index in [0.717, 1.165) is 5.56 Å². The van der Waals surface area contributed by atoms with Crippen LogP contribution in [0.15, 0.2) is 18.2 Å². The molecule has 0 aromatic heterocycles. The molecule has 0 saturated carbocycles. The first-order valence-corrected chi connectivity index (χ1v) is 5.30. The zero-order valence-corrected chi connectivity index (χ0v) is 11.3. The van der Waals surface area contributed by atoms with Crippen molar-refractivity contribution in [3.05, 3.63) is 23.8 Å². The SMILES string of the molecule is COc1ccc(CNCCC(=O)O)cc1OC.Cl. The molecule has 0 aliphatic carbocycles. The van der Waals surface area contributed by atoms with Crippen LogP contribution < -0.4 is 14.8 Å². The molecule has 1 aromatic carbocycles. The molecule has 2 N–H and O–H groups in total. The number of carbonyl (C=O) groups is 1. The molecule has 1 rings (SSSR count). The van der Waals surface area contributed by atoms with Crippen molar-refractivity contribution in [2.45, 2.75) is 13.0 Å². The van der Waals surface area contributed by atoms with Gasteiger partial charge in [0.05, 0.1) is 20.6 Å². The highest BCUT2D eigenvalue weighted by atomic mass is 35.5. The van der Waals surface area contributed by atoms with Gasteiger partial charge in [0.25, 0.3) is 0 Å². The molecular formula is C12H18ClNO4. The number of halogens is 1. The Labute approximate surface area is 113 Å². The Morgan fingerprint density at radius 3 is 2.50 bits per heavy atom. The number of ether oxygens (including phenoxy) is 2. The lowest BCUT2D eigenvalue weighted by molar-refractivity contribution is -0.136. The predicted molar refractivity (Wildman–Crippen MR) is 70.8 cm³/mol. The van der Waals surface area contributed by atoms with Gasteiger partial charge in [-0.2, -0.15) is 0 Å². The number of carboxylic acid groups (broad SMARTS) is 1. The van der Waals surface area contributed by atoms with Crippen LogP contribution in [-0.2, 0) is 11.3 Å². The molecule has 0 aliphatic rings. The van der Waals surface area contributed by atoms with Gasteiger partial charge in [0.1, 0.15) is 0 Å². The first kappa shape index (κ1) is 16.5. The first-order chi connectivity index (χ1) is 8.17. The number of nitrogens with one attached hydrogen (secondary N) is 1. The fourth-order valence-electron chi connectivity index (χ4n) is 1.42. The summed E-state index contributed by atoms with van der Waals surface area (Å²) in [6, 6.07) is 5.61. The maximum atomic E-state index is 10.3. The molecule has 0 bridgehead atoms. The number of methoxy groups -OCH3 is 2. The Hall–Kier alpha value is -1.46. The van der Waals surface area contributed by atoms with Crippen LogP contribution in [0.1, 0.15) is 12.0 Å². The van der Waals surface area contributed by atoms with Crippen molar-refractivity contribution in [2.24, 2.45) is 0 Å². The quantitative estimate of drug-likeness (QED) is 0.741. The van der Waals surface area contributed by atoms with Crippen LogP contribution in [0, 0.1) is 0 Å². The van der Waals surface area contributed by atoms with Crippen LogP contribution in [-0.4, -0.2) is 31.8 Å². The molecule has 0 spiro atoms. The molecule has 0 radical (unpaired) electrons. The average molecular weight is 276 g/mol. The van der Waals surface area contributed by atoms with Gasteiger partial charge in [0, 0.05) is 13.1 Å². The van der Waals surface area contributed by atoms with Gasteiger partial charge in [0.2, 0.25) is 0 Å². The van der Waals surface area contributed by atoms with E-state index in [2.05, 4.69) is 5.32 Å². The summed E-state index contributed by atoms with van der Waals surface area (Å²) in [4.78, 5) is 10.3. The van der Waals surface area contributed by atoms with Crippen molar-refractivity contribution in [2.75, 3.05) is 20.8 Å². The lowest BCUT2D eigenvalue weighted by atomic mass is 10.2. The highest BCUT2D eigenvalue weighted by Gasteiger charge is 2.04. The van der Waals surface area contributed by atoms with Crippen LogP contribution in [0.3, 0.4) is 0 Å². The van der Waals surface area contributed by atoms with E-state index in [9.17, 15) is 4.79 Å². The Kier molecular flexibility index (Phi) is 7.91. The van der Waals surface area contributed by atoms with Crippen LogP contribution >= 0.6 is 12.4 Å². The molecule has 0 heterocycles. The van der Waals surface area contributed by atoms with Gasteiger partial charge in [-0.1, -0.05) is 6.07 Å². The fraction of sp³-hybridized carbons (Fsp3) is 0.417. The van der Waals surface area contributed by atoms with E-state index in [4.69, 9.17) is 14.6 Å². The van der Waals surface area contributed by atoms with Gasteiger partial charge in [-0.25, -0.2) is 0 Å². The average Bonchev–Trinajstić information content (AvgIpc) is 2.34. The number of carboxylic acids is 1. The second-order valence-electron chi connectivity index (χ2n) is 3.51. The molecular weight excluding hydrogens is 258 g/mol. The number of benzene rings is 1. The molecule has 0 saturated heterocycles. The Bertz CT molecular complexity index is 384. The second kappa shape index (κ2) is 8.60. The maximum Gasteiger partial charge on any atom is 0.304 e. The monoisotopic (exact) mass is 275 g/mol. The molecule has 18 heavy (non-hydrogen) atoms. The molecule has 6 heteroatoms. The van der Waals surface area contributed by atoms with E-state index in [-0.39, 0.29) is 18.8 Å². The molecule has 0 atom stereocenters. The highest BCUT2D eigenvalue weighted by Crippen LogP contribution is 2.27. The zero-order valence-electron chi connectivity index (χ0n) is 10.4. The summed E-state index contributed by atoms with van der Waals surface area (Å²) < 4.78 is 10.3. The van der Waals surface area contributed by atoms with Crippen molar-refractivity contribution >= 4 is 18.4 Å². The van der Waals surface area contributed by atoms with Crippen molar-refractivity contribution < 1.29 is 19.4 Å². The third-order valence-electron chi connectivity index (χ3n) is 2.29. The van der Waals surface area contributed by atoms with E-state index in [1.54, 1.807) is 14.2 Å². The molecule has 1 aromatic rings. The maximum absolute atomic E-state index is 10.3. The van der Waals surface area contributed by atoms with Crippen LogP contribution in [0.4, 0.5) is 0 Å². The van der Waals surface area contributed by atoms with Gasteiger partial charge in [0.15, 0.2) is 11.5 Å². The molecule has 5 nitrogen and oxygen atoms in total. The lowest BCUT2D eigenvalue weighted by Crippen LogP contribution is -2.17. The minimum atomic E-state index is -0.801. The van der Waals surface area contributed by atoms with Gasteiger partial charge in [-0.3, -0.25) is 4.79 Å².